The highest BCUT2D eigenvalue weighted by molar-refractivity contribution is 5.63. The number of hydrogen-bond acceptors (Lipinski definition) is 1. The standard InChI is InChI=1S/C16H16F3N/c1-15(20-2,16(17,18)19)14-10-8-13(9-11-14)12-6-4-3-5-7-12/h3-11,20H,1-2H3. The van der Waals surface area contributed by atoms with E-state index in [1.165, 1.54) is 19.2 Å². The van der Waals surface area contributed by atoms with Crippen LogP contribution in [-0.2, 0) is 5.54 Å². The smallest absolute Gasteiger partial charge is 0.303 e. The van der Waals surface area contributed by atoms with Gasteiger partial charge in [-0.2, -0.15) is 13.2 Å². The summed E-state index contributed by atoms with van der Waals surface area (Å²) in [6, 6.07) is 16.0. The third kappa shape index (κ3) is 2.56. The minimum absolute atomic E-state index is 0.201. The van der Waals surface area contributed by atoms with E-state index >= 15 is 0 Å². The first-order chi connectivity index (χ1) is 9.38. The normalized spacial score (nSPS) is 14.8. The lowest BCUT2D eigenvalue weighted by atomic mass is 9.90. The van der Waals surface area contributed by atoms with Crippen LogP contribution in [0.5, 0.6) is 0 Å². The molecule has 106 valence electrons. The van der Waals surface area contributed by atoms with Gasteiger partial charge in [0.1, 0.15) is 5.54 Å². The fourth-order valence-electron chi connectivity index (χ4n) is 2.08. The molecule has 1 nitrogen and oxygen atoms in total. The number of nitrogens with one attached hydrogen (secondary N) is 1. The maximum Gasteiger partial charge on any atom is 0.410 e. The van der Waals surface area contributed by atoms with Gasteiger partial charge in [-0.25, -0.2) is 0 Å². The van der Waals surface area contributed by atoms with E-state index in [0.717, 1.165) is 18.1 Å². The van der Waals surface area contributed by atoms with Crippen molar-refractivity contribution >= 4 is 0 Å². The van der Waals surface area contributed by atoms with E-state index in [9.17, 15) is 13.2 Å². The minimum atomic E-state index is -4.35. The van der Waals surface area contributed by atoms with Gasteiger partial charge in [-0.05, 0) is 30.7 Å². The Kier molecular flexibility index (Phi) is 3.86. The van der Waals surface area contributed by atoms with E-state index in [1.54, 1.807) is 12.1 Å². The molecular formula is C16H16F3N. The Bertz CT molecular complexity index is 561. The second kappa shape index (κ2) is 5.29. The summed E-state index contributed by atoms with van der Waals surface area (Å²) in [6.07, 6.45) is -4.35. The molecule has 0 amide bonds. The summed E-state index contributed by atoms with van der Waals surface area (Å²) in [5, 5.41) is 2.37. The summed E-state index contributed by atoms with van der Waals surface area (Å²) in [7, 11) is 1.32. The molecule has 1 atom stereocenters. The van der Waals surface area contributed by atoms with Crippen LogP contribution in [0.4, 0.5) is 13.2 Å². The number of halogens is 3. The molecule has 2 aromatic rings. The van der Waals surface area contributed by atoms with Crippen molar-refractivity contribution in [1.82, 2.24) is 5.32 Å². The molecule has 20 heavy (non-hydrogen) atoms. The van der Waals surface area contributed by atoms with E-state index < -0.39 is 11.7 Å². The molecular weight excluding hydrogens is 263 g/mol. The lowest BCUT2D eigenvalue weighted by molar-refractivity contribution is -0.193. The van der Waals surface area contributed by atoms with Crippen molar-refractivity contribution in [2.24, 2.45) is 0 Å². The minimum Gasteiger partial charge on any atom is -0.303 e. The van der Waals surface area contributed by atoms with Crippen LogP contribution in [0.3, 0.4) is 0 Å². The molecule has 1 unspecified atom stereocenters. The molecule has 2 aromatic carbocycles. The molecule has 0 saturated carbocycles. The molecule has 0 aromatic heterocycles. The molecule has 0 fully saturated rings. The van der Waals surface area contributed by atoms with Crippen LogP contribution >= 0.6 is 0 Å². The van der Waals surface area contributed by atoms with Gasteiger partial charge < -0.3 is 5.32 Å². The van der Waals surface area contributed by atoms with Gasteiger partial charge in [0.25, 0.3) is 0 Å². The maximum absolute atomic E-state index is 13.2. The lowest BCUT2D eigenvalue weighted by Gasteiger charge is -2.32. The van der Waals surface area contributed by atoms with Crippen LogP contribution in [-0.4, -0.2) is 13.2 Å². The second-order valence-electron chi connectivity index (χ2n) is 4.82. The van der Waals surface area contributed by atoms with Gasteiger partial charge in [0.15, 0.2) is 0 Å². The van der Waals surface area contributed by atoms with E-state index in [2.05, 4.69) is 5.32 Å². The Labute approximate surface area is 116 Å². The average molecular weight is 279 g/mol. The van der Waals surface area contributed by atoms with Gasteiger partial charge in [0, 0.05) is 0 Å². The molecule has 0 aliphatic rings. The van der Waals surface area contributed by atoms with Crippen LogP contribution in [0.2, 0.25) is 0 Å². The zero-order chi connectivity index (χ0) is 14.8. The van der Waals surface area contributed by atoms with Crippen molar-refractivity contribution in [2.45, 2.75) is 18.6 Å². The molecule has 0 spiro atoms. The predicted octanol–water partition coefficient (Wildman–Crippen LogP) is 4.35. The Morgan fingerprint density at radius 2 is 1.30 bits per heavy atom. The Morgan fingerprint density at radius 3 is 1.75 bits per heavy atom. The van der Waals surface area contributed by atoms with Gasteiger partial charge in [-0.15, -0.1) is 0 Å². The molecule has 0 aliphatic carbocycles. The highest BCUT2D eigenvalue weighted by Gasteiger charge is 2.51. The topological polar surface area (TPSA) is 12.0 Å². The van der Waals surface area contributed by atoms with E-state index in [0.29, 0.717) is 0 Å². The van der Waals surface area contributed by atoms with Crippen LogP contribution in [0.15, 0.2) is 54.6 Å². The zero-order valence-electron chi connectivity index (χ0n) is 11.3. The van der Waals surface area contributed by atoms with Crippen LogP contribution in [0.1, 0.15) is 12.5 Å². The predicted molar refractivity (Wildman–Crippen MR) is 74.3 cm³/mol. The van der Waals surface area contributed by atoms with E-state index in [1.807, 2.05) is 30.3 Å². The molecule has 1 N–H and O–H groups in total. The number of rotatable bonds is 3. The first-order valence-electron chi connectivity index (χ1n) is 6.30. The number of alkyl halides is 3. The van der Waals surface area contributed by atoms with Crippen LogP contribution in [0, 0.1) is 0 Å². The van der Waals surface area contributed by atoms with Gasteiger partial charge in [0.2, 0.25) is 0 Å². The summed E-state index contributed by atoms with van der Waals surface area (Å²) in [6.45, 7) is 1.14. The average Bonchev–Trinajstić information content (AvgIpc) is 2.46. The van der Waals surface area contributed by atoms with Crippen molar-refractivity contribution in [2.75, 3.05) is 7.05 Å². The van der Waals surface area contributed by atoms with Crippen molar-refractivity contribution in [3.8, 4) is 11.1 Å². The molecule has 0 saturated heterocycles. The summed E-state index contributed by atoms with van der Waals surface area (Å²) in [5.41, 5.74) is 0.0433. The van der Waals surface area contributed by atoms with Crippen molar-refractivity contribution in [1.29, 1.82) is 0 Å². The van der Waals surface area contributed by atoms with Crippen LogP contribution < -0.4 is 5.32 Å². The molecule has 0 aliphatic heterocycles. The van der Waals surface area contributed by atoms with Crippen molar-refractivity contribution in [3.63, 3.8) is 0 Å². The molecule has 4 heteroatoms. The Balaban J connectivity index is 2.38. The fraction of sp³-hybridized carbons (Fsp3) is 0.250. The molecule has 0 heterocycles. The third-order valence-electron chi connectivity index (χ3n) is 3.64. The van der Waals surface area contributed by atoms with E-state index in [-0.39, 0.29) is 5.56 Å². The summed E-state index contributed by atoms with van der Waals surface area (Å²) >= 11 is 0. The van der Waals surface area contributed by atoms with Crippen LogP contribution in [0.25, 0.3) is 11.1 Å². The molecule has 0 radical (unpaired) electrons. The van der Waals surface area contributed by atoms with Gasteiger partial charge >= 0.3 is 6.18 Å². The van der Waals surface area contributed by atoms with Gasteiger partial charge in [-0.1, -0.05) is 54.6 Å². The number of hydrogen-bond donors (Lipinski definition) is 1. The van der Waals surface area contributed by atoms with Crippen molar-refractivity contribution < 1.29 is 13.2 Å². The summed E-state index contributed by atoms with van der Waals surface area (Å²) in [4.78, 5) is 0. The lowest BCUT2D eigenvalue weighted by Crippen LogP contribution is -2.49. The highest BCUT2D eigenvalue weighted by Crippen LogP contribution is 2.38. The van der Waals surface area contributed by atoms with Gasteiger partial charge in [0.05, 0.1) is 0 Å². The largest absolute Gasteiger partial charge is 0.410 e. The number of benzene rings is 2. The monoisotopic (exact) mass is 279 g/mol. The second-order valence-corrected chi connectivity index (χ2v) is 4.82. The Hall–Kier alpha value is -1.81. The van der Waals surface area contributed by atoms with Crippen molar-refractivity contribution in [3.05, 3.63) is 60.2 Å². The molecule has 2 rings (SSSR count). The first kappa shape index (κ1) is 14.6. The quantitative estimate of drug-likeness (QED) is 0.880. The Morgan fingerprint density at radius 1 is 0.800 bits per heavy atom. The highest BCUT2D eigenvalue weighted by atomic mass is 19.4. The zero-order valence-corrected chi connectivity index (χ0v) is 11.3. The first-order valence-corrected chi connectivity index (χ1v) is 6.30. The summed E-state index contributed by atoms with van der Waals surface area (Å²) < 4.78 is 39.5. The van der Waals surface area contributed by atoms with E-state index in [4.69, 9.17) is 0 Å². The van der Waals surface area contributed by atoms with Gasteiger partial charge in [-0.3, -0.25) is 0 Å². The maximum atomic E-state index is 13.2. The molecule has 0 bridgehead atoms. The third-order valence-corrected chi connectivity index (χ3v) is 3.64. The SMILES string of the molecule is CNC(C)(c1ccc(-c2ccccc2)cc1)C(F)(F)F. The fourth-order valence-corrected chi connectivity index (χ4v) is 2.08. The summed E-state index contributed by atoms with van der Waals surface area (Å²) in [5.74, 6) is 0.